The molecule has 2 aromatic rings. The van der Waals surface area contributed by atoms with Gasteiger partial charge < -0.3 is 26.1 Å². The number of nitrogens with two attached hydrogens (primary N) is 1. The molecule has 2 aliphatic heterocycles. The van der Waals surface area contributed by atoms with Crippen LogP contribution in [-0.2, 0) is 31.1 Å². The number of fused-ring (bicyclic) bond motifs is 1. The van der Waals surface area contributed by atoms with Gasteiger partial charge in [0.15, 0.2) is 23.2 Å². The molecule has 5 N–H and O–H groups in total. The number of rotatable bonds is 10. The molecule has 2 atom stereocenters. The number of amides is 2. The van der Waals surface area contributed by atoms with E-state index in [9.17, 15) is 24.3 Å². The summed E-state index contributed by atoms with van der Waals surface area (Å²) in [7, 11) is 1.90. The van der Waals surface area contributed by atoms with Crippen LogP contribution in [0.1, 0.15) is 5.69 Å². The van der Waals surface area contributed by atoms with Gasteiger partial charge in [0.25, 0.3) is 11.8 Å². The number of thioether (sulfide) groups is 2. The Morgan fingerprint density at radius 2 is 2.08 bits per heavy atom. The van der Waals surface area contributed by atoms with Crippen LogP contribution in [0.3, 0.4) is 0 Å². The fourth-order valence-electron chi connectivity index (χ4n) is 3.51. The van der Waals surface area contributed by atoms with Crippen molar-refractivity contribution >= 4 is 69.5 Å². The average Bonchev–Trinajstić information content (AvgIpc) is 3.29. The smallest absolute Gasteiger partial charge is 0.352 e. The molecule has 4 rings (SSSR count). The van der Waals surface area contributed by atoms with E-state index in [2.05, 4.69) is 15.5 Å². The molecule has 2 aromatic heterocycles. The molecular formula is C21H21N6O7S3+. The van der Waals surface area contributed by atoms with Gasteiger partial charge in [-0.1, -0.05) is 5.16 Å². The van der Waals surface area contributed by atoms with Crippen LogP contribution >= 0.6 is 34.9 Å². The highest BCUT2D eigenvalue weighted by atomic mass is 32.2. The molecule has 0 bridgehead atoms. The second-order valence-corrected chi connectivity index (χ2v) is 10.8. The molecule has 194 valence electrons. The Labute approximate surface area is 222 Å². The first-order valence-corrected chi connectivity index (χ1v) is 13.5. The molecule has 0 unspecified atom stereocenters. The van der Waals surface area contributed by atoms with E-state index in [-0.39, 0.29) is 22.2 Å². The van der Waals surface area contributed by atoms with E-state index in [1.54, 1.807) is 0 Å². The molecule has 13 nitrogen and oxygen atoms in total. The number of aliphatic carboxylic acids is 2. The number of hydrogen-bond donors (Lipinski definition) is 4. The summed E-state index contributed by atoms with van der Waals surface area (Å²) in [6.45, 7) is -0.792. The van der Waals surface area contributed by atoms with E-state index in [0.717, 1.165) is 16.2 Å². The number of aromatic nitrogens is 2. The first-order chi connectivity index (χ1) is 17.7. The number of pyridine rings is 1. The van der Waals surface area contributed by atoms with Crippen molar-refractivity contribution in [3.8, 4) is 0 Å². The van der Waals surface area contributed by atoms with Crippen molar-refractivity contribution in [1.29, 1.82) is 0 Å². The zero-order valence-electron chi connectivity index (χ0n) is 19.2. The van der Waals surface area contributed by atoms with E-state index in [1.165, 1.54) is 33.8 Å². The third kappa shape index (κ3) is 5.86. The standard InChI is InChI=1S/C21H20N6O7S3/c1-26-4-2-11(3-5-26)35-7-10-8-36-19-15(18(31)27(19)16(10)20(32)33)24-17(30)14(25-34-6-13(28)29)12-9-37-21(22)23-12/h2-5,9,15,19H,6-8H2,1H3,(H4-,22,23,24,28,29,30,32,33)/p+1/b25-14+/t15-,19-/m1/s1. The van der Waals surface area contributed by atoms with Crippen molar-refractivity contribution in [3.05, 3.63) is 46.9 Å². The van der Waals surface area contributed by atoms with Crippen LogP contribution in [0, 0.1) is 0 Å². The van der Waals surface area contributed by atoms with Crippen molar-refractivity contribution in [1.82, 2.24) is 15.2 Å². The van der Waals surface area contributed by atoms with Gasteiger partial charge in [0.2, 0.25) is 6.61 Å². The highest BCUT2D eigenvalue weighted by molar-refractivity contribution is 8.01. The van der Waals surface area contributed by atoms with Gasteiger partial charge in [-0.2, -0.15) is 0 Å². The molecule has 16 heteroatoms. The molecule has 2 amide bonds. The predicted octanol–water partition coefficient (Wildman–Crippen LogP) is -0.114. The van der Waals surface area contributed by atoms with E-state index < -0.39 is 41.8 Å². The Balaban J connectivity index is 1.48. The zero-order chi connectivity index (χ0) is 26.7. The highest BCUT2D eigenvalue weighted by Gasteiger charge is 2.54. The number of anilines is 1. The number of hydrogen-bond acceptors (Lipinski definition) is 11. The minimum Gasteiger partial charge on any atom is -0.479 e. The lowest BCUT2D eigenvalue weighted by Crippen LogP contribution is -2.71. The summed E-state index contributed by atoms with van der Waals surface area (Å²) < 4.78 is 1.89. The molecule has 0 saturated carbocycles. The third-order valence-electron chi connectivity index (χ3n) is 5.22. The molecule has 1 fully saturated rings. The predicted molar refractivity (Wildman–Crippen MR) is 135 cm³/mol. The molecule has 0 aromatic carbocycles. The number of carboxylic acid groups (broad SMARTS) is 2. The Hall–Kier alpha value is -3.63. The maximum Gasteiger partial charge on any atom is 0.352 e. The summed E-state index contributed by atoms with van der Waals surface area (Å²) in [5.41, 5.74) is 5.83. The van der Waals surface area contributed by atoms with E-state index >= 15 is 0 Å². The maximum atomic E-state index is 13.0. The number of carbonyl (C=O) groups is 4. The summed E-state index contributed by atoms with van der Waals surface area (Å²) in [6, 6.07) is 2.82. The first kappa shape index (κ1) is 26.4. The lowest BCUT2D eigenvalue weighted by molar-refractivity contribution is -0.671. The lowest BCUT2D eigenvalue weighted by atomic mass is 10.0. The van der Waals surface area contributed by atoms with Crippen LogP contribution in [0.15, 0.2) is 51.2 Å². The molecule has 0 aliphatic carbocycles. The van der Waals surface area contributed by atoms with Crippen molar-refractivity contribution in [2.24, 2.45) is 12.2 Å². The number of aryl methyl sites for hydroxylation is 1. The van der Waals surface area contributed by atoms with Gasteiger partial charge in [-0.25, -0.2) is 19.1 Å². The highest BCUT2D eigenvalue weighted by Crippen LogP contribution is 2.41. The summed E-state index contributed by atoms with van der Waals surface area (Å²) in [5, 5.41) is 25.7. The summed E-state index contributed by atoms with van der Waals surface area (Å²) >= 11 is 3.84. The van der Waals surface area contributed by atoms with Gasteiger partial charge >= 0.3 is 11.9 Å². The number of thiazole rings is 1. The number of nitrogens with one attached hydrogen (secondary N) is 1. The van der Waals surface area contributed by atoms with Gasteiger partial charge in [0.1, 0.15) is 29.9 Å². The van der Waals surface area contributed by atoms with Gasteiger partial charge in [0.05, 0.1) is 0 Å². The van der Waals surface area contributed by atoms with Crippen LogP contribution < -0.4 is 15.6 Å². The minimum atomic E-state index is -1.30. The van der Waals surface area contributed by atoms with Crippen molar-refractivity contribution < 1.29 is 38.8 Å². The second-order valence-electron chi connectivity index (χ2n) is 7.78. The summed E-state index contributed by atoms with van der Waals surface area (Å²) in [5.74, 6) is -3.19. The molecule has 1 saturated heterocycles. The summed E-state index contributed by atoms with van der Waals surface area (Å²) in [6.07, 6.45) is 3.77. The molecule has 2 aliphatic rings. The van der Waals surface area contributed by atoms with E-state index in [0.29, 0.717) is 17.1 Å². The lowest BCUT2D eigenvalue weighted by Gasteiger charge is -2.49. The third-order valence-corrected chi connectivity index (χ3v) is 8.33. The SMILES string of the molecule is C[n+]1ccc(SCC2=C(C(=O)O)N3C(=O)[C@@H](NC(=O)/C(=N/OCC(=O)O)c4csc(N)n4)[C@H]3SC2)cc1. The van der Waals surface area contributed by atoms with Crippen molar-refractivity contribution in [2.75, 3.05) is 23.8 Å². The summed E-state index contributed by atoms with van der Waals surface area (Å²) in [4.78, 5) is 59.6. The Morgan fingerprint density at radius 3 is 2.70 bits per heavy atom. The average molecular weight is 566 g/mol. The van der Waals surface area contributed by atoms with Crippen LogP contribution in [0.2, 0.25) is 0 Å². The Morgan fingerprint density at radius 1 is 1.35 bits per heavy atom. The van der Waals surface area contributed by atoms with Crippen LogP contribution in [-0.4, -0.2) is 79.1 Å². The number of nitrogen functional groups attached to an aromatic ring is 1. The van der Waals surface area contributed by atoms with Gasteiger partial charge in [-0.3, -0.25) is 14.5 Å². The van der Waals surface area contributed by atoms with Crippen LogP contribution in [0.5, 0.6) is 0 Å². The Kier molecular flexibility index (Phi) is 7.99. The van der Waals surface area contributed by atoms with Crippen molar-refractivity contribution in [2.45, 2.75) is 16.3 Å². The Bertz CT molecular complexity index is 1310. The minimum absolute atomic E-state index is 0.0465. The number of carboxylic acids is 2. The van der Waals surface area contributed by atoms with Crippen LogP contribution in [0.25, 0.3) is 0 Å². The fourth-order valence-corrected chi connectivity index (χ4v) is 6.43. The normalized spacial score (nSPS) is 19.2. The largest absolute Gasteiger partial charge is 0.479 e. The van der Waals surface area contributed by atoms with Gasteiger partial charge in [0, 0.05) is 33.9 Å². The van der Waals surface area contributed by atoms with E-state index in [4.69, 9.17) is 15.7 Å². The van der Waals surface area contributed by atoms with Gasteiger partial charge in [-0.15, -0.1) is 34.9 Å². The molecule has 0 spiro atoms. The number of oxime groups is 1. The molecule has 0 radical (unpaired) electrons. The fraction of sp³-hybridized carbons (Fsp3) is 0.286. The van der Waals surface area contributed by atoms with Crippen molar-refractivity contribution in [3.63, 3.8) is 0 Å². The molecular weight excluding hydrogens is 544 g/mol. The second kappa shape index (κ2) is 11.2. The monoisotopic (exact) mass is 565 g/mol. The van der Waals surface area contributed by atoms with Crippen LogP contribution in [0.4, 0.5) is 5.13 Å². The first-order valence-electron chi connectivity index (χ1n) is 10.6. The topological polar surface area (TPSA) is 188 Å². The number of carbonyl (C=O) groups excluding carboxylic acids is 2. The molecule has 4 heterocycles. The quantitative estimate of drug-likeness (QED) is 0.0989. The number of β-lactam (4-membered cyclic amide) rings is 1. The maximum absolute atomic E-state index is 13.0. The number of nitrogens with zero attached hydrogens (tertiary/aromatic N) is 4. The molecule has 37 heavy (non-hydrogen) atoms. The zero-order valence-corrected chi connectivity index (χ0v) is 21.6. The van der Waals surface area contributed by atoms with Gasteiger partial charge in [-0.05, 0) is 5.57 Å². The van der Waals surface area contributed by atoms with E-state index in [1.807, 2.05) is 36.1 Å².